The van der Waals surface area contributed by atoms with Gasteiger partial charge in [-0.25, -0.2) is 8.42 Å². The van der Waals surface area contributed by atoms with Gasteiger partial charge in [0.15, 0.2) is 11.5 Å². The van der Waals surface area contributed by atoms with Crippen LogP contribution in [-0.2, 0) is 16.6 Å². The Labute approximate surface area is 141 Å². The van der Waals surface area contributed by atoms with Gasteiger partial charge in [-0.05, 0) is 37.1 Å². The number of ether oxygens (including phenoxy) is 2. The molecule has 24 heavy (non-hydrogen) atoms. The summed E-state index contributed by atoms with van der Waals surface area (Å²) in [5.74, 6) is 1.72. The van der Waals surface area contributed by atoms with E-state index in [1.807, 2.05) is 0 Å². The van der Waals surface area contributed by atoms with Crippen molar-refractivity contribution in [3.63, 3.8) is 0 Å². The Bertz CT molecular complexity index is 812. The first-order valence-electron chi connectivity index (χ1n) is 8.08. The summed E-state index contributed by atoms with van der Waals surface area (Å²) in [4.78, 5) is 0.227. The molecule has 0 bridgehead atoms. The van der Waals surface area contributed by atoms with Crippen molar-refractivity contribution in [2.75, 3.05) is 13.2 Å². The SMILES string of the molecule is O=S(=O)(c1ccc2c(c1)OCCCO2)N(Cc1ccco1)C1CC1. The largest absolute Gasteiger partial charge is 0.490 e. The van der Waals surface area contributed by atoms with Crippen molar-refractivity contribution in [2.24, 2.45) is 0 Å². The van der Waals surface area contributed by atoms with Gasteiger partial charge in [0.25, 0.3) is 0 Å². The highest BCUT2D eigenvalue weighted by molar-refractivity contribution is 7.89. The standard InChI is InChI=1S/C17H19NO5S/c19-24(20,18(13-4-5-13)12-14-3-1-8-21-14)15-6-7-16-17(11-15)23-10-2-9-22-16/h1,3,6-8,11,13H,2,4-5,9-10,12H2. The highest BCUT2D eigenvalue weighted by Crippen LogP contribution is 2.37. The van der Waals surface area contributed by atoms with Crippen LogP contribution in [0.3, 0.4) is 0 Å². The molecular formula is C17H19NO5S. The summed E-state index contributed by atoms with van der Waals surface area (Å²) >= 11 is 0. The summed E-state index contributed by atoms with van der Waals surface area (Å²) < 4.78 is 44.2. The van der Waals surface area contributed by atoms with Gasteiger partial charge >= 0.3 is 0 Å². The van der Waals surface area contributed by atoms with E-state index in [1.165, 1.54) is 4.31 Å². The van der Waals surface area contributed by atoms with Crippen LogP contribution in [0.5, 0.6) is 11.5 Å². The number of fused-ring (bicyclic) bond motifs is 1. The van der Waals surface area contributed by atoms with Crippen LogP contribution in [0, 0.1) is 0 Å². The maximum Gasteiger partial charge on any atom is 0.243 e. The molecule has 0 saturated heterocycles. The molecule has 2 heterocycles. The zero-order valence-electron chi connectivity index (χ0n) is 13.2. The molecule has 0 amide bonds. The Morgan fingerprint density at radius 3 is 2.58 bits per heavy atom. The molecule has 0 N–H and O–H groups in total. The minimum atomic E-state index is -3.62. The summed E-state index contributed by atoms with van der Waals surface area (Å²) in [7, 11) is -3.62. The summed E-state index contributed by atoms with van der Waals surface area (Å²) in [5.41, 5.74) is 0. The minimum Gasteiger partial charge on any atom is -0.490 e. The van der Waals surface area contributed by atoms with Crippen molar-refractivity contribution in [1.29, 1.82) is 0 Å². The first kappa shape index (κ1) is 15.5. The molecule has 1 aliphatic heterocycles. The van der Waals surface area contributed by atoms with E-state index in [2.05, 4.69) is 0 Å². The monoisotopic (exact) mass is 349 g/mol. The third-order valence-corrected chi connectivity index (χ3v) is 6.07. The Morgan fingerprint density at radius 2 is 1.88 bits per heavy atom. The van der Waals surface area contributed by atoms with Crippen LogP contribution in [0.15, 0.2) is 45.9 Å². The van der Waals surface area contributed by atoms with Crippen LogP contribution in [0.4, 0.5) is 0 Å². The Morgan fingerprint density at radius 1 is 1.08 bits per heavy atom. The van der Waals surface area contributed by atoms with Gasteiger partial charge in [0.1, 0.15) is 5.76 Å². The third kappa shape index (κ3) is 3.01. The van der Waals surface area contributed by atoms with Crippen LogP contribution in [0.1, 0.15) is 25.0 Å². The maximum atomic E-state index is 13.1. The van der Waals surface area contributed by atoms with Gasteiger partial charge in [0.05, 0.1) is 30.9 Å². The fourth-order valence-electron chi connectivity index (χ4n) is 2.77. The van der Waals surface area contributed by atoms with E-state index in [4.69, 9.17) is 13.9 Å². The molecule has 1 aromatic carbocycles. The number of sulfonamides is 1. The molecule has 7 heteroatoms. The topological polar surface area (TPSA) is 69.0 Å². The van der Waals surface area contributed by atoms with Crippen LogP contribution < -0.4 is 9.47 Å². The second-order valence-electron chi connectivity index (χ2n) is 6.02. The molecule has 1 aliphatic carbocycles. The fourth-order valence-corrected chi connectivity index (χ4v) is 4.44. The number of rotatable bonds is 5. The third-order valence-electron chi connectivity index (χ3n) is 4.17. The minimum absolute atomic E-state index is 0.0380. The number of hydrogen-bond acceptors (Lipinski definition) is 5. The quantitative estimate of drug-likeness (QED) is 0.830. The predicted molar refractivity (Wildman–Crippen MR) is 86.5 cm³/mol. The molecule has 4 rings (SSSR count). The van der Waals surface area contributed by atoms with Gasteiger partial charge in [-0.2, -0.15) is 4.31 Å². The average molecular weight is 349 g/mol. The lowest BCUT2D eigenvalue weighted by atomic mass is 10.3. The summed E-state index contributed by atoms with van der Waals surface area (Å²) in [5, 5.41) is 0. The van der Waals surface area contributed by atoms with Gasteiger partial charge < -0.3 is 13.9 Å². The van der Waals surface area contributed by atoms with Gasteiger partial charge in [0.2, 0.25) is 10.0 Å². The molecule has 1 saturated carbocycles. The molecule has 6 nitrogen and oxygen atoms in total. The van der Waals surface area contributed by atoms with Crippen LogP contribution in [0.25, 0.3) is 0 Å². The Balaban J connectivity index is 1.66. The zero-order chi connectivity index (χ0) is 16.6. The summed E-state index contributed by atoms with van der Waals surface area (Å²) in [6.45, 7) is 1.34. The van der Waals surface area contributed by atoms with E-state index in [0.29, 0.717) is 30.5 Å². The van der Waals surface area contributed by atoms with Crippen LogP contribution in [0.2, 0.25) is 0 Å². The number of benzene rings is 1. The molecule has 0 spiro atoms. The average Bonchev–Trinajstić information content (AvgIpc) is 3.33. The smallest absolute Gasteiger partial charge is 0.243 e. The first-order chi connectivity index (χ1) is 11.6. The van der Waals surface area contributed by atoms with Crippen molar-refractivity contribution >= 4 is 10.0 Å². The van der Waals surface area contributed by atoms with E-state index >= 15 is 0 Å². The molecule has 0 atom stereocenters. The van der Waals surface area contributed by atoms with Gasteiger partial charge in [-0.15, -0.1) is 0 Å². The molecular weight excluding hydrogens is 330 g/mol. The molecule has 128 valence electrons. The van der Waals surface area contributed by atoms with Crippen molar-refractivity contribution in [3.05, 3.63) is 42.4 Å². The van der Waals surface area contributed by atoms with Gasteiger partial charge in [-0.1, -0.05) is 0 Å². The normalized spacial score (nSPS) is 17.7. The molecule has 0 radical (unpaired) electrons. The van der Waals surface area contributed by atoms with Crippen LogP contribution in [-0.4, -0.2) is 32.0 Å². The van der Waals surface area contributed by atoms with Crippen molar-refractivity contribution in [1.82, 2.24) is 4.31 Å². The predicted octanol–water partition coefficient (Wildman–Crippen LogP) is 2.79. The lowest BCUT2D eigenvalue weighted by molar-refractivity contribution is 0.296. The van der Waals surface area contributed by atoms with Gasteiger partial charge in [0, 0.05) is 18.5 Å². The molecule has 1 fully saturated rings. The number of nitrogens with zero attached hydrogens (tertiary/aromatic N) is 1. The molecule has 1 aromatic heterocycles. The summed E-state index contributed by atoms with van der Waals surface area (Å²) in [6, 6.07) is 8.41. The molecule has 2 aliphatic rings. The zero-order valence-corrected chi connectivity index (χ0v) is 14.0. The van der Waals surface area contributed by atoms with Crippen molar-refractivity contribution < 1.29 is 22.3 Å². The lowest BCUT2D eigenvalue weighted by Gasteiger charge is -2.21. The van der Waals surface area contributed by atoms with E-state index < -0.39 is 10.0 Å². The highest BCUT2D eigenvalue weighted by atomic mass is 32.2. The maximum absolute atomic E-state index is 13.1. The second-order valence-corrected chi connectivity index (χ2v) is 7.91. The molecule has 0 unspecified atom stereocenters. The highest BCUT2D eigenvalue weighted by Gasteiger charge is 2.39. The number of hydrogen-bond donors (Lipinski definition) is 0. The van der Waals surface area contributed by atoms with E-state index in [9.17, 15) is 8.42 Å². The summed E-state index contributed by atoms with van der Waals surface area (Å²) in [6.07, 6.45) is 4.10. The van der Waals surface area contributed by atoms with Crippen molar-refractivity contribution in [2.45, 2.75) is 36.7 Å². The van der Waals surface area contributed by atoms with E-state index in [1.54, 1.807) is 36.6 Å². The number of furan rings is 1. The van der Waals surface area contributed by atoms with Crippen LogP contribution >= 0.6 is 0 Å². The Hall–Kier alpha value is -1.99. The van der Waals surface area contributed by atoms with E-state index in [-0.39, 0.29) is 17.5 Å². The second kappa shape index (κ2) is 6.14. The fraction of sp³-hybridized carbons (Fsp3) is 0.412. The van der Waals surface area contributed by atoms with E-state index in [0.717, 1.165) is 19.3 Å². The van der Waals surface area contributed by atoms with Gasteiger partial charge in [-0.3, -0.25) is 0 Å². The Kier molecular flexibility index (Phi) is 3.97. The van der Waals surface area contributed by atoms with Crippen molar-refractivity contribution in [3.8, 4) is 11.5 Å². The first-order valence-corrected chi connectivity index (χ1v) is 9.52. The lowest BCUT2D eigenvalue weighted by Crippen LogP contribution is -2.32. The molecule has 2 aromatic rings.